The molecule has 1 nitrogen and oxygen atoms in total. The molecule has 1 aliphatic carbocycles. The van der Waals surface area contributed by atoms with E-state index in [-0.39, 0.29) is 0 Å². The van der Waals surface area contributed by atoms with Gasteiger partial charge in [-0.2, -0.15) is 0 Å². The van der Waals surface area contributed by atoms with Crippen molar-refractivity contribution in [1.82, 2.24) is 0 Å². The molecule has 100 valence electrons. The van der Waals surface area contributed by atoms with E-state index in [9.17, 15) is 5.11 Å². The molecule has 0 heterocycles. The molecule has 18 heavy (non-hydrogen) atoms. The minimum atomic E-state index is -0.716. The van der Waals surface area contributed by atoms with Crippen LogP contribution in [0.15, 0.2) is 28.7 Å². The molecule has 1 N–H and O–H groups in total. The van der Waals surface area contributed by atoms with E-state index in [0.29, 0.717) is 5.92 Å². The first kappa shape index (κ1) is 14.1. The Labute approximate surface area is 119 Å². The summed E-state index contributed by atoms with van der Waals surface area (Å²) in [6, 6.07) is 8.09. The fourth-order valence-electron chi connectivity index (χ4n) is 3.44. The van der Waals surface area contributed by atoms with Gasteiger partial charge in [0.05, 0.1) is 5.60 Å². The Morgan fingerprint density at radius 1 is 1.17 bits per heavy atom. The lowest BCUT2D eigenvalue weighted by molar-refractivity contribution is -0.0387. The summed E-state index contributed by atoms with van der Waals surface area (Å²) in [5.41, 5.74) is 0.315. The molecule has 1 fully saturated rings. The molecule has 0 bridgehead atoms. The van der Waals surface area contributed by atoms with Crippen molar-refractivity contribution in [2.75, 3.05) is 0 Å². The number of rotatable bonds is 2. The molecule has 0 radical (unpaired) electrons. The predicted octanol–water partition coefficient (Wildman–Crippen LogP) is 4.73. The third-order valence-electron chi connectivity index (χ3n) is 4.38. The number of hydrogen-bond donors (Lipinski definition) is 1. The molecule has 0 saturated heterocycles. The molecule has 1 aromatic rings. The summed E-state index contributed by atoms with van der Waals surface area (Å²) in [5, 5.41) is 10.9. The van der Waals surface area contributed by atoms with Crippen LogP contribution in [0, 0.1) is 17.8 Å². The highest BCUT2D eigenvalue weighted by Crippen LogP contribution is 2.43. The minimum absolute atomic E-state index is 0.366. The Morgan fingerprint density at radius 2 is 1.78 bits per heavy atom. The maximum absolute atomic E-state index is 10.9. The van der Waals surface area contributed by atoms with Gasteiger partial charge in [0, 0.05) is 4.47 Å². The first-order chi connectivity index (χ1) is 8.39. The van der Waals surface area contributed by atoms with Crippen molar-refractivity contribution in [3.63, 3.8) is 0 Å². The van der Waals surface area contributed by atoms with Gasteiger partial charge in [-0.25, -0.2) is 0 Å². The van der Waals surface area contributed by atoms with Gasteiger partial charge in [0.15, 0.2) is 0 Å². The Hall–Kier alpha value is -0.340. The van der Waals surface area contributed by atoms with Crippen molar-refractivity contribution in [3.05, 3.63) is 34.3 Å². The van der Waals surface area contributed by atoms with Crippen molar-refractivity contribution >= 4 is 15.9 Å². The molecule has 2 heteroatoms. The number of aliphatic hydroxyl groups is 1. The zero-order valence-corrected chi connectivity index (χ0v) is 13.1. The molecule has 1 aliphatic rings. The van der Waals surface area contributed by atoms with Crippen LogP contribution in [-0.4, -0.2) is 5.11 Å². The second kappa shape index (κ2) is 5.34. The van der Waals surface area contributed by atoms with E-state index in [4.69, 9.17) is 0 Å². The second-order valence-corrected chi connectivity index (χ2v) is 7.19. The molecule has 3 atom stereocenters. The van der Waals surface area contributed by atoms with Crippen LogP contribution in [0.3, 0.4) is 0 Å². The van der Waals surface area contributed by atoms with E-state index in [2.05, 4.69) is 29.8 Å². The smallest absolute Gasteiger partial charge is 0.0897 e. The largest absolute Gasteiger partial charge is 0.385 e. The lowest BCUT2D eigenvalue weighted by atomic mass is 9.68. The van der Waals surface area contributed by atoms with Crippen LogP contribution in [0.5, 0.6) is 0 Å². The summed E-state index contributed by atoms with van der Waals surface area (Å²) < 4.78 is 1.04. The number of benzene rings is 1. The van der Waals surface area contributed by atoms with E-state index in [1.807, 2.05) is 31.2 Å². The van der Waals surface area contributed by atoms with Gasteiger partial charge in [-0.15, -0.1) is 0 Å². The minimum Gasteiger partial charge on any atom is -0.385 e. The SMILES string of the molecule is CC1CC(C)CC(C(C)(O)c2cccc(Br)c2)C1. The number of halogens is 1. The van der Waals surface area contributed by atoms with Gasteiger partial charge >= 0.3 is 0 Å². The highest BCUT2D eigenvalue weighted by atomic mass is 79.9. The molecule has 0 aromatic heterocycles. The van der Waals surface area contributed by atoms with Gasteiger partial charge in [0.2, 0.25) is 0 Å². The van der Waals surface area contributed by atoms with Gasteiger partial charge in [0.25, 0.3) is 0 Å². The zero-order valence-electron chi connectivity index (χ0n) is 11.5. The van der Waals surface area contributed by atoms with Crippen LogP contribution >= 0.6 is 15.9 Å². The maximum atomic E-state index is 10.9. The topological polar surface area (TPSA) is 20.2 Å². The van der Waals surface area contributed by atoms with Crippen LogP contribution in [0.25, 0.3) is 0 Å². The first-order valence-electron chi connectivity index (χ1n) is 6.88. The average molecular weight is 311 g/mol. The molecule has 0 aliphatic heterocycles. The van der Waals surface area contributed by atoms with E-state index in [0.717, 1.165) is 34.7 Å². The monoisotopic (exact) mass is 310 g/mol. The predicted molar refractivity (Wildman–Crippen MR) is 79.4 cm³/mol. The molecule has 0 spiro atoms. The van der Waals surface area contributed by atoms with Gasteiger partial charge < -0.3 is 5.11 Å². The molecule has 1 aromatic carbocycles. The van der Waals surface area contributed by atoms with E-state index in [1.54, 1.807) is 0 Å². The molecule has 1 saturated carbocycles. The van der Waals surface area contributed by atoms with Crippen LogP contribution in [-0.2, 0) is 5.60 Å². The lowest BCUT2D eigenvalue weighted by Gasteiger charge is -2.40. The van der Waals surface area contributed by atoms with Crippen LogP contribution in [0.1, 0.15) is 45.6 Å². The van der Waals surface area contributed by atoms with Gasteiger partial charge in [-0.1, -0.05) is 41.9 Å². The summed E-state index contributed by atoms with van der Waals surface area (Å²) in [4.78, 5) is 0. The van der Waals surface area contributed by atoms with Crippen molar-refractivity contribution in [2.24, 2.45) is 17.8 Å². The van der Waals surface area contributed by atoms with E-state index < -0.39 is 5.60 Å². The summed E-state index contributed by atoms with van der Waals surface area (Å²) in [5.74, 6) is 1.81. The van der Waals surface area contributed by atoms with Crippen LogP contribution in [0.4, 0.5) is 0 Å². The summed E-state index contributed by atoms with van der Waals surface area (Å²) in [6.07, 6.45) is 3.55. The highest BCUT2D eigenvalue weighted by molar-refractivity contribution is 9.10. The molecule has 3 unspecified atom stereocenters. The summed E-state index contributed by atoms with van der Waals surface area (Å²) >= 11 is 3.49. The van der Waals surface area contributed by atoms with Crippen molar-refractivity contribution in [2.45, 2.75) is 45.6 Å². The molecular weight excluding hydrogens is 288 g/mol. The van der Waals surface area contributed by atoms with Gasteiger partial charge in [-0.3, -0.25) is 0 Å². The highest BCUT2D eigenvalue weighted by Gasteiger charge is 2.38. The first-order valence-corrected chi connectivity index (χ1v) is 7.67. The van der Waals surface area contributed by atoms with Crippen LogP contribution in [0.2, 0.25) is 0 Å². The van der Waals surface area contributed by atoms with E-state index in [1.165, 1.54) is 6.42 Å². The second-order valence-electron chi connectivity index (χ2n) is 6.27. The normalized spacial score (nSPS) is 31.9. The Morgan fingerprint density at radius 3 is 2.33 bits per heavy atom. The average Bonchev–Trinajstić information content (AvgIpc) is 2.27. The molecular formula is C16H23BrO. The summed E-state index contributed by atoms with van der Waals surface area (Å²) in [7, 11) is 0. The van der Waals surface area contributed by atoms with Gasteiger partial charge in [-0.05, 0) is 61.6 Å². The van der Waals surface area contributed by atoms with E-state index >= 15 is 0 Å². The lowest BCUT2D eigenvalue weighted by Crippen LogP contribution is -2.37. The fourth-order valence-corrected chi connectivity index (χ4v) is 3.84. The maximum Gasteiger partial charge on any atom is 0.0897 e. The van der Waals surface area contributed by atoms with Crippen LogP contribution < -0.4 is 0 Å². The fraction of sp³-hybridized carbons (Fsp3) is 0.625. The Kier molecular flexibility index (Phi) is 4.18. The van der Waals surface area contributed by atoms with Gasteiger partial charge in [0.1, 0.15) is 0 Å². The third kappa shape index (κ3) is 2.97. The van der Waals surface area contributed by atoms with Crippen molar-refractivity contribution in [3.8, 4) is 0 Å². The molecule has 2 rings (SSSR count). The van der Waals surface area contributed by atoms with Crippen molar-refractivity contribution < 1.29 is 5.11 Å². The summed E-state index contributed by atoms with van der Waals surface area (Å²) in [6.45, 7) is 6.59. The third-order valence-corrected chi connectivity index (χ3v) is 4.88. The standard InChI is InChI=1S/C16H23BrO/c1-11-7-12(2)9-14(8-11)16(3,18)13-5-4-6-15(17)10-13/h4-6,10-12,14,18H,7-9H2,1-3H3. The molecule has 0 amide bonds. The quantitative estimate of drug-likeness (QED) is 0.837. The Balaban J connectivity index is 2.24. The van der Waals surface area contributed by atoms with Crippen molar-refractivity contribution in [1.29, 1.82) is 0 Å². The Bertz CT molecular complexity index is 403. The number of hydrogen-bond acceptors (Lipinski definition) is 1. The zero-order chi connectivity index (χ0) is 13.3.